The smallest absolute Gasteiger partial charge is 0.406 e. The molecule has 3 rings (SSSR count). The van der Waals surface area contributed by atoms with Gasteiger partial charge in [-0.3, -0.25) is 4.79 Å². The number of aliphatic hydroxyl groups is 1. The third kappa shape index (κ3) is 6.27. The molecule has 1 amide bonds. The van der Waals surface area contributed by atoms with E-state index in [1.165, 1.54) is 41.3 Å². The average molecular weight is 516 g/mol. The predicted octanol–water partition coefficient (Wildman–Crippen LogP) is 4.25. The summed E-state index contributed by atoms with van der Waals surface area (Å²) in [5, 5.41) is 19.0. The molecular formula is C26H28F3N5O3. The van der Waals surface area contributed by atoms with Gasteiger partial charge in [0.25, 0.3) is 0 Å². The first-order valence-electron chi connectivity index (χ1n) is 11.6. The molecular weight excluding hydrogens is 487 g/mol. The van der Waals surface area contributed by atoms with Gasteiger partial charge in [0.05, 0.1) is 18.4 Å². The van der Waals surface area contributed by atoms with E-state index in [0.717, 1.165) is 12.0 Å². The second-order valence-corrected chi connectivity index (χ2v) is 8.83. The van der Waals surface area contributed by atoms with Gasteiger partial charge in [-0.1, -0.05) is 18.6 Å². The normalized spacial score (nSPS) is 15.3. The number of halogens is 3. The molecule has 2 heterocycles. The van der Waals surface area contributed by atoms with Gasteiger partial charge in [0.15, 0.2) is 11.2 Å². The number of rotatable bonds is 8. The van der Waals surface area contributed by atoms with E-state index in [2.05, 4.69) is 15.8 Å². The molecule has 1 N–H and O–H groups in total. The van der Waals surface area contributed by atoms with E-state index < -0.39 is 11.8 Å². The number of aliphatic hydroxyl groups excluding tert-OH is 1. The van der Waals surface area contributed by atoms with Crippen LogP contribution in [-0.4, -0.2) is 59.0 Å². The molecule has 1 fully saturated rings. The van der Waals surface area contributed by atoms with Gasteiger partial charge in [0.2, 0.25) is 5.91 Å². The van der Waals surface area contributed by atoms with Crippen LogP contribution in [0.3, 0.4) is 0 Å². The van der Waals surface area contributed by atoms with Crippen molar-refractivity contribution in [1.29, 1.82) is 5.26 Å². The molecule has 8 nitrogen and oxygen atoms in total. The van der Waals surface area contributed by atoms with Crippen LogP contribution in [0.15, 0.2) is 48.2 Å². The maximum Gasteiger partial charge on any atom is 0.573 e. The Bertz CT molecular complexity index is 1240. The highest BCUT2D eigenvalue weighted by Gasteiger charge is 2.49. The van der Waals surface area contributed by atoms with Crippen molar-refractivity contribution in [2.45, 2.75) is 39.0 Å². The zero-order valence-corrected chi connectivity index (χ0v) is 21.0. The molecule has 0 bridgehead atoms. The number of ether oxygens (including phenoxy) is 1. The molecule has 0 radical (unpaired) electrons. The van der Waals surface area contributed by atoms with Crippen molar-refractivity contribution in [3.8, 4) is 23.1 Å². The molecule has 196 valence electrons. The highest BCUT2D eigenvalue weighted by molar-refractivity contribution is 5.88. The molecule has 0 saturated carbocycles. The number of likely N-dealkylation sites (tertiary alicyclic amines) is 1. The summed E-state index contributed by atoms with van der Waals surface area (Å²) in [5.41, 5.74) is 1.56. The molecule has 1 saturated heterocycles. The molecule has 0 spiro atoms. The molecule has 2 aromatic rings. The van der Waals surface area contributed by atoms with Gasteiger partial charge in [0.1, 0.15) is 11.6 Å². The Labute approximate surface area is 213 Å². The standard InChI is InChI=1S/C26H28F3N5O3/c1-5-17(2)13-33(4)23-18(3)22(19-8-10-20(11-9-19)37-26(27,28)29)31-24(32-23)25(14-30)15-34(16-25)21(36)7-6-12-35/h6-11,13,35H,5,12,15-16H2,1-4H3/b7-6+,17-13+. The number of nitriles is 1. The lowest BCUT2D eigenvalue weighted by atomic mass is 9.80. The summed E-state index contributed by atoms with van der Waals surface area (Å²) in [6.07, 6.45) is 0.480. The van der Waals surface area contributed by atoms with E-state index in [4.69, 9.17) is 10.1 Å². The lowest BCUT2D eigenvalue weighted by Gasteiger charge is -2.44. The zero-order chi connectivity index (χ0) is 27.4. The fourth-order valence-electron chi connectivity index (χ4n) is 3.92. The second-order valence-electron chi connectivity index (χ2n) is 8.83. The van der Waals surface area contributed by atoms with Crippen LogP contribution in [0, 0.1) is 18.3 Å². The number of aromatic nitrogens is 2. The maximum atomic E-state index is 12.6. The molecule has 1 aliphatic heterocycles. The summed E-state index contributed by atoms with van der Waals surface area (Å²) in [6.45, 7) is 5.64. The van der Waals surface area contributed by atoms with E-state index in [0.29, 0.717) is 22.6 Å². The highest BCUT2D eigenvalue weighted by atomic mass is 19.4. The Morgan fingerprint density at radius 3 is 2.49 bits per heavy atom. The van der Waals surface area contributed by atoms with Crippen LogP contribution in [0.5, 0.6) is 5.75 Å². The van der Waals surface area contributed by atoms with Crippen molar-refractivity contribution in [3.63, 3.8) is 0 Å². The highest BCUT2D eigenvalue weighted by Crippen LogP contribution is 2.37. The molecule has 0 unspecified atom stereocenters. The summed E-state index contributed by atoms with van der Waals surface area (Å²) in [7, 11) is 1.82. The number of hydrogen-bond acceptors (Lipinski definition) is 7. The van der Waals surface area contributed by atoms with Gasteiger partial charge in [0, 0.05) is 43.5 Å². The minimum Gasteiger partial charge on any atom is -0.406 e. The fourth-order valence-corrected chi connectivity index (χ4v) is 3.92. The third-order valence-electron chi connectivity index (χ3n) is 6.03. The van der Waals surface area contributed by atoms with Crippen molar-refractivity contribution in [1.82, 2.24) is 14.9 Å². The van der Waals surface area contributed by atoms with E-state index in [1.807, 2.05) is 32.0 Å². The molecule has 0 aliphatic carbocycles. The van der Waals surface area contributed by atoms with Gasteiger partial charge in [-0.25, -0.2) is 9.97 Å². The maximum absolute atomic E-state index is 12.6. The molecule has 0 atom stereocenters. The van der Waals surface area contributed by atoms with Crippen LogP contribution in [0.1, 0.15) is 31.7 Å². The van der Waals surface area contributed by atoms with Crippen molar-refractivity contribution in [2.24, 2.45) is 0 Å². The minimum absolute atomic E-state index is 0.0615. The van der Waals surface area contributed by atoms with Crippen LogP contribution >= 0.6 is 0 Å². The molecule has 1 aliphatic rings. The predicted molar refractivity (Wildman–Crippen MR) is 131 cm³/mol. The third-order valence-corrected chi connectivity index (χ3v) is 6.03. The number of amides is 1. The number of benzene rings is 1. The SMILES string of the molecule is CC/C(C)=C/N(C)c1nc(C2(C#N)CN(C(=O)/C=C/CO)C2)nc(-c2ccc(OC(F)(F)F)cc2)c1C. The summed E-state index contributed by atoms with van der Waals surface area (Å²) < 4.78 is 41.8. The van der Waals surface area contributed by atoms with E-state index in [1.54, 1.807) is 6.92 Å². The summed E-state index contributed by atoms with van der Waals surface area (Å²) in [6, 6.07) is 7.58. The van der Waals surface area contributed by atoms with Crippen molar-refractivity contribution >= 4 is 11.7 Å². The number of nitrogens with zero attached hydrogens (tertiary/aromatic N) is 5. The quantitative estimate of drug-likeness (QED) is 0.525. The number of anilines is 1. The van der Waals surface area contributed by atoms with Crippen LogP contribution in [0.25, 0.3) is 11.3 Å². The Hall–Kier alpha value is -3.91. The lowest BCUT2D eigenvalue weighted by molar-refractivity contribution is -0.274. The number of hydrogen-bond donors (Lipinski definition) is 1. The van der Waals surface area contributed by atoms with Gasteiger partial charge in [-0.2, -0.15) is 5.26 Å². The molecule has 37 heavy (non-hydrogen) atoms. The van der Waals surface area contributed by atoms with Gasteiger partial charge < -0.3 is 19.6 Å². The minimum atomic E-state index is -4.81. The van der Waals surface area contributed by atoms with Crippen LogP contribution in [0.2, 0.25) is 0 Å². The summed E-state index contributed by atoms with van der Waals surface area (Å²) in [4.78, 5) is 24.9. The average Bonchev–Trinajstić information content (AvgIpc) is 2.82. The van der Waals surface area contributed by atoms with Crippen LogP contribution in [0.4, 0.5) is 19.0 Å². The Kier molecular flexibility index (Phi) is 8.23. The second kappa shape index (κ2) is 11.0. The zero-order valence-electron chi connectivity index (χ0n) is 21.0. The lowest BCUT2D eigenvalue weighted by Crippen LogP contribution is -2.61. The number of carbonyl (C=O) groups excluding carboxylic acids is 1. The van der Waals surface area contributed by atoms with Gasteiger partial charge in [-0.05, 0) is 44.5 Å². The number of alkyl halides is 3. The summed E-state index contributed by atoms with van der Waals surface area (Å²) in [5.74, 6) is 0.0415. The topological polar surface area (TPSA) is 103 Å². The molecule has 1 aromatic carbocycles. The van der Waals surface area contributed by atoms with E-state index >= 15 is 0 Å². The Balaban J connectivity index is 2.08. The monoisotopic (exact) mass is 515 g/mol. The summed E-state index contributed by atoms with van der Waals surface area (Å²) >= 11 is 0. The van der Waals surface area contributed by atoms with Crippen molar-refractivity contribution in [2.75, 3.05) is 31.6 Å². The van der Waals surface area contributed by atoms with Crippen LogP contribution < -0.4 is 9.64 Å². The largest absolute Gasteiger partial charge is 0.573 e. The van der Waals surface area contributed by atoms with Gasteiger partial charge >= 0.3 is 6.36 Å². The first-order chi connectivity index (χ1) is 17.4. The Morgan fingerprint density at radius 1 is 1.30 bits per heavy atom. The number of allylic oxidation sites excluding steroid dienone is 1. The molecule has 11 heteroatoms. The van der Waals surface area contributed by atoms with Crippen molar-refractivity contribution in [3.05, 3.63) is 59.6 Å². The fraction of sp³-hybridized carbons (Fsp3) is 0.385. The first kappa shape index (κ1) is 27.7. The van der Waals surface area contributed by atoms with E-state index in [-0.39, 0.29) is 37.2 Å². The van der Waals surface area contributed by atoms with Crippen molar-refractivity contribution < 1.29 is 27.8 Å². The van der Waals surface area contributed by atoms with Crippen LogP contribution in [-0.2, 0) is 10.2 Å². The van der Waals surface area contributed by atoms with Gasteiger partial charge in [-0.15, -0.1) is 13.2 Å². The first-order valence-corrected chi connectivity index (χ1v) is 11.6. The Morgan fingerprint density at radius 2 is 1.95 bits per heavy atom. The van der Waals surface area contributed by atoms with E-state index in [9.17, 15) is 23.2 Å². The number of carbonyl (C=O) groups is 1. The molecule has 1 aromatic heterocycles.